The maximum absolute atomic E-state index is 12.2. The second-order valence-electron chi connectivity index (χ2n) is 5.88. The lowest BCUT2D eigenvalue weighted by molar-refractivity contribution is -0.753. The van der Waals surface area contributed by atoms with Crippen molar-refractivity contribution in [2.75, 3.05) is 0 Å². The van der Waals surface area contributed by atoms with Crippen LogP contribution in [0, 0.1) is 6.92 Å². The SMILES string of the molecule is CC(=O)C(C)(C)F.Cc1c[n+](CCC(=O)O)ncc1-c1ncccn1. The molecule has 8 heteroatoms. The molecule has 25 heavy (non-hydrogen) atoms. The van der Waals surface area contributed by atoms with Gasteiger partial charge in [0, 0.05) is 18.0 Å². The lowest BCUT2D eigenvalue weighted by atomic mass is 10.1. The molecule has 1 N–H and O–H groups in total. The van der Waals surface area contributed by atoms with Gasteiger partial charge < -0.3 is 5.11 Å². The average molecular weight is 349 g/mol. The van der Waals surface area contributed by atoms with Crippen molar-refractivity contribution in [2.24, 2.45) is 0 Å². The van der Waals surface area contributed by atoms with Gasteiger partial charge in [-0.1, -0.05) is 4.68 Å². The van der Waals surface area contributed by atoms with E-state index in [2.05, 4.69) is 15.1 Å². The van der Waals surface area contributed by atoms with Gasteiger partial charge >= 0.3 is 5.97 Å². The van der Waals surface area contributed by atoms with Crippen LogP contribution >= 0.6 is 0 Å². The van der Waals surface area contributed by atoms with E-state index >= 15 is 0 Å². The van der Waals surface area contributed by atoms with Gasteiger partial charge in [-0.2, -0.15) is 0 Å². The van der Waals surface area contributed by atoms with Crippen molar-refractivity contribution >= 4 is 11.8 Å². The Morgan fingerprint density at radius 2 is 1.84 bits per heavy atom. The number of aliphatic carboxylic acids is 1. The molecule has 0 amide bonds. The van der Waals surface area contributed by atoms with Crippen molar-refractivity contribution in [1.82, 2.24) is 15.1 Å². The third kappa shape index (κ3) is 7.11. The topological polar surface area (TPSA) is 96.9 Å². The van der Waals surface area contributed by atoms with Gasteiger partial charge in [-0.3, -0.25) is 9.59 Å². The molecule has 2 rings (SSSR count). The number of nitrogens with zero attached hydrogens (tertiary/aromatic N) is 4. The molecule has 0 atom stereocenters. The summed E-state index contributed by atoms with van der Waals surface area (Å²) in [5.41, 5.74) is 0.170. The molecule has 0 unspecified atom stereocenters. The molecule has 0 aromatic carbocycles. The monoisotopic (exact) mass is 349 g/mol. The zero-order valence-electron chi connectivity index (χ0n) is 14.7. The first-order chi connectivity index (χ1) is 11.6. The van der Waals surface area contributed by atoms with Crippen LogP contribution in [-0.4, -0.2) is 37.6 Å². The van der Waals surface area contributed by atoms with E-state index in [4.69, 9.17) is 5.11 Å². The number of Topliss-reactive ketones (excluding diaryl/α,β-unsaturated/α-hetero) is 1. The highest BCUT2D eigenvalue weighted by molar-refractivity contribution is 5.83. The van der Waals surface area contributed by atoms with Crippen LogP contribution < -0.4 is 4.68 Å². The van der Waals surface area contributed by atoms with E-state index in [1.807, 2.05) is 6.92 Å². The summed E-state index contributed by atoms with van der Waals surface area (Å²) in [6, 6.07) is 1.75. The number of alkyl halides is 1. The standard InChI is InChI=1S/C12H12N4O2.C5H9FO/c1-9-8-16(6-3-11(17)18)15-7-10(9)12-13-4-2-5-14-12;1-4(7)5(2,3)6/h2,4-5,7-8H,3,6H2,1H3;1-3H3/p+1. The first-order valence-corrected chi connectivity index (χ1v) is 7.66. The Kier molecular flexibility index (Phi) is 7.22. The minimum Gasteiger partial charge on any atom is -0.481 e. The maximum Gasteiger partial charge on any atom is 0.309 e. The van der Waals surface area contributed by atoms with Crippen LogP contribution in [-0.2, 0) is 16.1 Å². The number of rotatable bonds is 5. The molecule has 0 bridgehead atoms. The Morgan fingerprint density at radius 3 is 2.28 bits per heavy atom. The number of carboxylic acid groups (broad SMARTS) is 1. The Hall–Kier alpha value is -2.77. The highest BCUT2D eigenvalue weighted by atomic mass is 19.1. The molecule has 2 aromatic heterocycles. The van der Waals surface area contributed by atoms with Crippen molar-refractivity contribution in [3.8, 4) is 11.4 Å². The highest BCUT2D eigenvalue weighted by Crippen LogP contribution is 2.15. The molecule has 2 heterocycles. The van der Waals surface area contributed by atoms with E-state index in [0.717, 1.165) is 11.1 Å². The minimum atomic E-state index is -1.64. The molecule has 0 fully saturated rings. The van der Waals surface area contributed by atoms with Crippen molar-refractivity contribution in [3.63, 3.8) is 0 Å². The predicted octanol–water partition coefficient (Wildman–Crippen LogP) is 1.93. The summed E-state index contributed by atoms with van der Waals surface area (Å²) >= 11 is 0. The van der Waals surface area contributed by atoms with Gasteiger partial charge in [0.25, 0.3) is 0 Å². The van der Waals surface area contributed by atoms with Gasteiger partial charge in [-0.05, 0) is 38.9 Å². The van der Waals surface area contributed by atoms with Crippen LogP contribution in [0.1, 0.15) is 32.8 Å². The predicted molar refractivity (Wildman–Crippen MR) is 88.3 cm³/mol. The van der Waals surface area contributed by atoms with E-state index in [0.29, 0.717) is 12.4 Å². The van der Waals surface area contributed by atoms with Gasteiger partial charge in [-0.25, -0.2) is 14.4 Å². The third-order valence-electron chi connectivity index (χ3n) is 3.30. The lowest BCUT2D eigenvalue weighted by Gasteiger charge is -2.06. The van der Waals surface area contributed by atoms with Crippen LogP contribution in [0.25, 0.3) is 11.4 Å². The molecule has 2 aromatic rings. The normalized spacial score (nSPS) is 10.6. The van der Waals surface area contributed by atoms with Gasteiger partial charge in [0.2, 0.25) is 0 Å². The largest absolute Gasteiger partial charge is 0.481 e. The van der Waals surface area contributed by atoms with E-state index in [9.17, 15) is 14.0 Å². The molecule has 0 aliphatic heterocycles. The lowest BCUT2D eigenvalue weighted by Crippen LogP contribution is -2.39. The number of carbonyl (C=O) groups is 2. The second-order valence-corrected chi connectivity index (χ2v) is 5.88. The smallest absolute Gasteiger partial charge is 0.309 e. The molecule has 134 valence electrons. The number of hydrogen-bond donors (Lipinski definition) is 1. The zero-order valence-corrected chi connectivity index (χ0v) is 14.7. The summed E-state index contributed by atoms with van der Waals surface area (Å²) in [4.78, 5) is 28.9. The molecule has 0 radical (unpaired) electrons. The van der Waals surface area contributed by atoms with E-state index in [-0.39, 0.29) is 6.42 Å². The van der Waals surface area contributed by atoms with Crippen LogP contribution in [0.3, 0.4) is 0 Å². The van der Waals surface area contributed by atoms with Crippen LogP contribution in [0.4, 0.5) is 4.39 Å². The summed E-state index contributed by atoms with van der Waals surface area (Å²) < 4.78 is 13.8. The van der Waals surface area contributed by atoms with E-state index in [1.54, 1.807) is 35.5 Å². The fraction of sp³-hybridized carbons (Fsp3) is 0.412. The fourth-order valence-corrected chi connectivity index (χ4v) is 1.56. The average Bonchev–Trinajstić information content (AvgIpc) is 2.53. The van der Waals surface area contributed by atoms with Crippen LogP contribution in [0.15, 0.2) is 30.9 Å². The van der Waals surface area contributed by atoms with Crippen molar-refractivity contribution in [3.05, 3.63) is 36.4 Å². The summed E-state index contributed by atoms with van der Waals surface area (Å²) in [7, 11) is 0. The number of aryl methyl sites for hydroxylation is 2. The summed E-state index contributed by atoms with van der Waals surface area (Å²) in [6.07, 6.45) is 6.86. The number of hydrogen-bond acceptors (Lipinski definition) is 5. The first kappa shape index (κ1) is 20.3. The van der Waals surface area contributed by atoms with E-state index < -0.39 is 17.4 Å². The molecule has 0 aliphatic rings. The summed E-state index contributed by atoms with van der Waals surface area (Å²) in [5, 5.41) is 12.8. The Labute approximate surface area is 145 Å². The highest BCUT2D eigenvalue weighted by Gasteiger charge is 2.20. The third-order valence-corrected chi connectivity index (χ3v) is 3.30. The number of carbonyl (C=O) groups excluding carboxylic acids is 1. The van der Waals surface area contributed by atoms with Gasteiger partial charge in [0.15, 0.2) is 30.0 Å². The first-order valence-electron chi connectivity index (χ1n) is 7.66. The van der Waals surface area contributed by atoms with Crippen molar-refractivity contribution in [1.29, 1.82) is 0 Å². The zero-order chi connectivity index (χ0) is 19.0. The molecular formula is C17H22FN4O3+. The molecular weight excluding hydrogens is 327 g/mol. The molecule has 0 aliphatic carbocycles. The minimum absolute atomic E-state index is 0.0539. The fourth-order valence-electron chi connectivity index (χ4n) is 1.56. The maximum atomic E-state index is 12.2. The molecule has 0 saturated heterocycles. The van der Waals surface area contributed by atoms with Crippen molar-refractivity contribution < 1.29 is 23.8 Å². The summed E-state index contributed by atoms with van der Waals surface area (Å²) in [6.45, 7) is 6.00. The van der Waals surface area contributed by atoms with Crippen LogP contribution in [0.2, 0.25) is 0 Å². The van der Waals surface area contributed by atoms with Gasteiger partial charge in [-0.15, -0.1) is 0 Å². The number of ketones is 1. The molecule has 0 spiro atoms. The van der Waals surface area contributed by atoms with Crippen molar-refractivity contribution in [2.45, 2.75) is 46.3 Å². The van der Waals surface area contributed by atoms with E-state index in [1.165, 1.54) is 20.8 Å². The Bertz CT molecular complexity index is 730. The quantitative estimate of drug-likeness (QED) is 0.829. The number of carboxylic acids is 1. The number of aromatic nitrogens is 4. The second kappa shape index (κ2) is 8.91. The Balaban J connectivity index is 0.000000381. The molecule has 7 nitrogen and oxygen atoms in total. The van der Waals surface area contributed by atoms with Gasteiger partial charge in [0.05, 0.1) is 5.56 Å². The van der Waals surface area contributed by atoms with Gasteiger partial charge in [0.1, 0.15) is 12.6 Å². The summed E-state index contributed by atoms with van der Waals surface area (Å²) in [5.74, 6) is -0.641. The van der Waals surface area contributed by atoms with Crippen LogP contribution in [0.5, 0.6) is 0 Å². The number of halogens is 1. The Morgan fingerprint density at radius 1 is 1.28 bits per heavy atom. The molecule has 0 saturated carbocycles.